The predicted molar refractivity (Wildman–Crippen MR) is 82.8 cm³/mol. The SMILES string of the molecule is CC1(O)CCC2C3CCC4=C(CCC(=O)C4)C3CCC21C. The maximum atomic E-state index is 11.7. The molecule has 116 valence electrons. The van der Waals surface area contributed by atoms with E-state index >= 15 is 0 Å². The Bertz CT molecular complexity index is 516. The van der Waals surface area contributed by atoms with Crippen LogP contribution in [0.3, 0.4) is 0 Å². The molecule has 0 radical (unpaired) electrons. The van der Waals surface area contributed by atoms with E-state index in [1.807, 2.05) is 0 Å². The summed E-state index contributed by atoms with van der Waals surface area (Å²) in [6.45, 7) is 4.41. The normalized spacial score (nSPS) is 49.7. The summed E-state index contributed by atoms with van der Waals surface area (Å²) in [5, 5.41) is 10.8. The Hall–Kier alpha value is -0.630. The molecule has 2 heteroatoms. The van der Waals surface area contributed by atoms with E-state index in [2.05, 4.69) is 13.8 Å². The number of rotatable bonds is 0. The number of ketones is 1. The second kappa shape index (κ2) is 4.44. The zero-order valence-corrected chi connectivity index (χ0v) is 13.5. The van der Waals surface area contributed by atoms with E-state index in [9.17, 15) is 9.90 Å². The average molecular weight is 288 g/mol. The first-order chi connectivity index (χ1) is 9.92. The van der Waals surface area contributed by atoms with Crippen LogP contribution in [0.25, 0.3) is 0 Å². The second-order valence-corrected chi connectivity index (χ2v) is 8.53. The zero-order valence-electron chi connectivity index (χ0n) is 13.5. The van der Waals surface area contributed by atoms with Crippen molar-refractivity contribution in [3.8, 4) is 0 Å². The molecule has 4 aliphatic carbocycles. The molecule has 2 saturated carbocycles. The van der Waals surface area contributed by atoms with Crippen molar-refractivity contribution in [1.29, 1.82) is 0 Å². The number of carbonyl (C=O) groups is 1. The average Bonchev–Trinajstić information content (AvgIpc) is 2.69. The fourth-order valence-electron chi connectivity index (χ4n) is 6.29. The fraction of sp³-hybridized carbons (Fsp3) is 0.842. The van der Waals surface area contributed by atoms with Crippen molar-refractivity contribution >= 4 is 5.78 Å². The van der Waals surface area contributed by atoms with Gasteiger partial charge in [0.25, 0.3) is 0 Å². The molecule has 0 aromatic rings. The largest absolute Gasteiger partial charge is 0.390 e. The molecule has 2 nitrogen and oxygen atoms in total. The van der Waals surface area contributed by atoms with Crippen LogP contribution >= 0.6 is 0 Å². The van der Waals surface area contributed by atoms with Crippen molar-refractivity contribution < 1.29 is 9.90 Å². The number of carbonyl (C=O) groups excluding carboxylic acids is 1. The number of allylic oxidation sites excluding steroid dienone is 2. The van der Waals surface area contributed by atoms with Gasteiger partial charge >= 0.3 is 0 Å². The van der Waals surface area contributed by atoms with E-state index in [0.717, 1.165) is 50.4 Å². The van der Waals surface area contributed by atoms with Gasteiger partial charge in [-0.2, -0.15) is 0 Å². The Balaban J connectivity index is 1.66. The first kappa shape index (κ1) is 14.0. The highest BCUT2D eigenvalue weighted by molar-refractivity contribution is 5.82. The summed E-state index contributed by atoms with van der Waals surface area (Å²) in [5.74, 6) is 2.65. The van der Waals surface area contributed by atoms with Crippen LogP contribution in [0.2, 0.25) is 0 Å². The molecule has 0 aromatic heterocycles. The van der Waals surface area contributed by atoms with Crippen molar-refractivity contribution in [2.24, 2.45) is 23.2 Å². The molecule has 0 amide bonds. The van der Waals surface area contributed by atoms with Crippen LogP contribution in [-0.2, 0) is 4.79 Å². The van der Waals surface area contributed by atoms with Gasteiger partial charge in [-0.1, -0.05) is 18.1 Å². The van der Waals surface area contributed by atoms with Gasteiger partial charge in [0.1, 0.15) is 5.78 Å². The monoisotopic (exact) mass is 288 g/mol. The van der Waals surface area contributed by atoms with Crippen molar-refractivity contribution in [1.82, 2.24) is 0 Å². The molecule has 4 aliphatic rings. The molecule has 0 bridgehead atoms. The van der Waals surface area contributed by atoms with Crippen LogP contribution in [0.15, 0.2) is 11.1 Å². The Morgan fingerprint density at radius 1 is 1.05 bits per heavy atom. The van der Waals surface area contributed by atoms with E-state index in [-0.39, 0.29) is 5.41 Å². The summed E-state index contributed by atoms with van der Waals surface area (Å²) in [6.07, 6.45) is 9.55. The third-order valence-electron chi connectivity index (χ3n) is 7.76. The molecule has 0 aliphatic heterocycles. The van der Waals surface area contributed by atoms with Crippen LogP contribution in [-0.4, -0.2) is 16.5 Å². The Morgan fingerprint density at radius 2 is 1.86 bits per heavy atom. The molecule has 4 rings (SSSR count). The summed E-state index contributed by atoms with van der Waals surface area (Å²) >= 11 is 0. The first-order valence-electron chi connectivity index (χ1n) is 8.87. The van der Waals surface area contributed by atoms with Crippen molar-refractivity contribution in [3.05, 3.63) is 11.1 Å². The lowest BCUT2D eigenvalue weighted by Crippen LogP contribution is -2.50. The highest BCUT2D eigenvalue weighted by Gasteiger charge is 2.59. The molecular formula is C19H28O2. The van der Waals surface area contributed by atoms with Gasteiger partial charge in [0.15, 0.2) is 0 Å². The zero-order chi connectivity index (χ0) is 14.8. The van der Waals surface area contributed by atoms with Gasteiger partial charge in [0.2, 0.25) is 0 Å². The number of fused-ring (bicyclic) bond motifs is 4. The van der Waals surface area contributed by atoms with Crippen LogP contribution < -0.4 is 0 Å². The Kier molecular flexibility index (Phi) is 2.96. The lowest BCUT2D eigenvalue weighted by molar-refractivity contribution is -0.119. The molecule has 2 fully saturated rings. The van der Waals surface area contributed by atoms with Gasteiger partial charge in [-0.15, -0.1) is 0 Å². The Labute approximate surface area is 128 Å². The minimum Gasteiger partial charge on any atom is -0.390 e. The van der Waals surface area contributed by atoms with Crippen LogP contribution in [0, 0.1) is 23.2 Å². The van der Waals surface area contributed by atoms with Crippen molar-refractivity contribution in [2.75, 3.05) is 0 Å². The van der Waals surface area contributed by atoms with Gasteiger partial charge in [-0.3, -0.25) is 4.79 Å². The first-order valence-corrected chi connectivity index (χ1v) is 8.87. The summed E-state index contributed by atoms with van der Waals surface area (Å²) in [4.78, 5) is 11.7. The summed E-state index contributed by atoms with van der Waals surface area (Å²) < 4.78 is 0. The molecule has 21 heavy (non-hydrogen) atoms. The topological polar surface area (TPSA) is 37.3 Å². The van der Waals surface area contributed by atoms with Gasteiger partial charge in [-0.25, -0.2) is 0 Å². The number of Topliss-reactive ketones (excluding diaryl/α,β-unsaturated/α-hetero) is 1. The number of hydrogen-bond donors (Lipinski definition) is 1. The standard InChI is InChI=1S/C19H28O2/c1-18-9-7-15-14-6-4-13(20)11-12(14)3-5-16(15)17(18)8-10-19(18,2)21/h15-17,21H,3-11H2,1-2H3. The highest BCUT2D eigenvalue weighted by Crippen LogP contribution is 2.64. The second-order valence-electron chi connectivity index (χ2n) is 8.53. The Morgan fingerprint density at radius 3 is 2.67 bits per heavy atom. The number of aliphatic hydroxyl groups is 1. The minimum absolute atomic E-state index is 0.122. The molecule has 1 N–H and O–H groups in total. The lowest BCUT2D eigenvalue weighted by Gasteiger charge is -2.53. The minimum atomic E-state index is -0.472. The van der Waals surface area contributed by atoms with E-state index < -0.39 is 5.60 Å². The van der Waals surface area contributed by atoms with Crippen molar-refractivity contribution in [2.45, 2.75) is 77.2 Å². The van der Waals surface area contributed by atoms with Gasteiger partial charge < -0.3 is 5.11 Å². The maximum absolute atomic E-state index is 11.7. The number of hydrogen-bond acceptors (Lipinski definition) is 2. The van der Waals surface area contributed by atoms with E-state index in [0.29, 0.717) is 11.7 Å². The third kappa shape index (κ3) is 1.84. The molecular weight excluding hydrogens is 260 g/mol. The fourth-order valence-corrected chi connectivity index (χ4v) is 6.29. The smallest absolute Gasteiger partial charge is 0.137 e. The summed E-state index contributed by atoms with van der Waals surface area (Å²) in [5.41, 5.74) is 2.82. The lowest BCUT2D eigenvalue weighted by atomic mass is 9.52. The van der Waals surface area contributed by atoms with E-state index in [4.69, 9.17) is 0 Å². The van der Waals surface area contributed by atoms with Gasteiger partial charge in [0, 0.05) is 12.8 Å². The van der Waals surface area contributed by atoms with Gasteiger partial charge in [0.05, 0.1) is 5.60 Å². The van der Waals surface area contributed by atoms with Crippen LogP contribution in [0.1, 0.15) is 71.6 Å². The summed E-state index contributed by atoms with van der Waals surface area (Å²) in [7, 11) is 0. The molecule has 5 atom stereocenters. The summed E-state index contributed by atoms with van der Waals surface area (Å²) in [6, 6.07) is 0. The van der Waals surface area contributed by atoms with Crippen LogP contribution in [0.4, 0.5) is 0 Å². The molecule has 0 spiro atoms. The molecule has 0 aromatic carbocycles. The van der Waals surface area contributed by atoms with Gasteiger partial charge in [-0.05, 0) is 75.0 Å². The highest BCUT2D eigenvalue weighted by atomic mass is 16.3. The third-order valence-corrected chi connectivity index (χ3v) is 7.76. The molecule has 5 unspecified atom stereocenters. The predicted octanol–water partition coefficient (Wildman–Crippen LogP) is 4.02. The van der Waals surface area contributed by atoms with E-state index in [1.165, 1.54) is 24.8 Å². The van der Waals surface area contributed by atoms with E-state index in [1.54, 1.807) is 5.57 Å². The molecule has 0 saturated heterocycles. The van der Waals surface area contributed by atoms with Crippen molar-refractivity contribution in [3.63, 3.8) is 0 Å². The van der Waals surface area contributed by atoms with Crippen LogP contribution in [0.5, 0.6) is 0 Å². The quantitative estimate of drug-likeness (QED) is 0.683. The maximum Gasteiger partial charge on any atom is 0.137 e. The molecule has 0 heterocycles.